The van der Waals surface area contributed by atoms with Gasteiger partial charge in [-0.05, 0) is 18.8 Å². The van der Waals surface area contributed by atoms with Crippen molar-refractivity contribution in [1.82, 2.24) is 14.9 Å². The van der Waals surface area contributed by atoms with E-state index in [1.807, 2.05) is 37.4 Å². The summed E-state index contributed by atoms with van der Waals surface area (Å²) in [4.78, 5) is 22.5. The predicted molar refractivity (Wildman–Crippen MR) is 77.2 cm³/mol. The molecule has 0 aliphatic heterocycles. The molecule has 0 N–H and O–H groups in total. The number of hydrogen-bond donors (Lipinski definition) is 0. The minimum Gasteiger partial charge on any atom is -0.341 e. The van der Waals surface area contributed by atoms with Crippen LogP contribution in [0.25, 0.3) is 11.4 Å². The summed E-state index contributed by atoms with van der Waals surface area (Å²) in [5, 5.41) is 0. The van der Waals surface area contributed by atoms with Crippen LogP contribution >= 0.6 is 0 Å². The van der Waals surface area contributed by atoms with Gasteiger partial charge in [0, 0.05) is 31.5 Å². The number of amides is 1. The monoisotopic (exact) mass is 267 g/mol. The minimum atomic E-state index is -0.00323. The molecule has 0 spiro atoms. The molecule has 1 aromatic heterocycles. The molecular weight excluding hydrogens is 250 g/mol. The molecule has 1 aliphatic rings. The van der Waals surface area contributed by atoms with Gasteiger partial charge < -0.3 is 4.90 Å². The quantitative estimate of drug-likeness (QED) is 0.855. The molecule has 1 heterocycles. The lowest BCUT2D eigenvalue weighted by Crippen LogP contribution is -2.28. The number of rotatable bonds is 4. The van der Waals surface area contributed by atoms with Crippen molar-refractivity contribution < 1.29 is 4.79 Å². The summed E-state index contributed by atoms with van der Waals surface area (Å²) in [6.45, 7) is 0.833. The Morgan fingerprint density at radius 1 is 1.20 bits per heavy atom. The van der Waals surface area contributed by atoms with E-state index in [1.165, 1.54) is 12.8 Å². The lowest BCUT2D eigenvalue weighted by Gasteiger charge is -2.16. The van der Waals surface area contributed by atoms with Crippen molar-refractivity contribution in [2.75, 3.05) is 13.6 Å². The van der Waals surface area contributed by atoms with E-state index in [9.17, 15) is 4.79 Å². The van der Waals surface area contributed by atoms with Gasteiger partial charge in [0.15, 0.2) is 5.82 Å². The normalized spacial score (nSPS) is 14.1. The predicted octanol–water partition coefficient (Wildman–Crippen LogP) is 2.63. The number of nitrogens with zero attached hydrogens (tertiary/aromatic N) is 3. The van der Waals surface area contributed by atoms with E-state index in [0.29, 0.717) is 17.3 Å². The Labute approximate surface area is 118 Å². The van der Waals surface area contributed by atoms with Gasteiger partial charge in [0.1, 0.15) is 0 Å². The zero-order chi connectivity index (χ0) is 13.9. The molecule has 0 bridgehead atoms. The average molecular weight is 267 g/mol. The molecule has 1 aromatic carbocycles. The largest absolute Gasteiger partial charge is 0.341 e. The molecular formula is C16H17N3O. The van der Waals surface area contributed by atoms with Crippen molar-refractivity contribution in [2.45, 2.75) is 12.8 Å². The molecule has 20 heavy (non-hydrogen) atoms. The molecule has 4 nitrogen and oxygen atoms in total. The molecule has 0 unspecified atom stereocenters. The highest BCUT2D eigenvalue weighted by atomic mass is 16.2. The maximum atomic E-state index is 12.2. The third-order valence-corrected chi connectivity index (χ3v) is 3.51. The van der Waals surface area contributed by atoms with Crippen molar-refractivity contribution in [2.24, 2.45) is 5.92 Å². The Morgan fingerprint density at radius 2 is 1.85 bits per heavy atom. The second-order valence-corrected chi connectivity index (χ2v) is 5.29. The Bertz CT molecular complexity index is 591. The zero-order valence-corrected chi connectivity index (χ0v) is 11.5. The van der Waals surface area contributed by atoms with E-state index in [1.54, 1.807) is 17.3 Å². The van der Waals surface area contributed by atoms with Crippen LogP contribution in [0.15, 0.2) is 42.7 Å². The summed E-state index contributed by atoms with van der Waals surface area (Å²) in [5.41, 5.74) is 1.51. The van der Waals surface area contributed by atoms with E-state index in [2.05, 4.69) is 9.97 Å². The molecule has 0 saturated heterocycles. The zero-order valence-electron chi connectivity index (χ0n) is 11.5. The molecule has 1 saturated carbocycles. The van der Waals surface area contributed by atoms with Gasteiger partial charge in [-0.25, -0.2) is 9.97 Å². The molecule has 0 radical (unpaired) electrons. The average Bonchev–Trinajstić information content (AvgIpc) is 3.31. The molecule has 3 rings (SSSR count). The van der Waals surface area contributed by atoms with Crippen LogP contribution in [0.1, 0.15) is 23.2 Å². The second kappa shape index (κ2) is 5.41. The van der Waals surface area contributed by atoms with E-state index in [4.69, 9.17) is 0 Å². The van der Waals surface area contributed by atoms with Crippen LogP contribution < -0.4 is 0 Å². The molecule has 1 fully saturated rings. The van der Waals surface area contributed by atoms with Gasteiger partial charge in [0.2, 0.25) is 0 Å². The van der Waals surface area contributed by atoms with Crippen LogP contribution in [-0.2, 0) is 0 Å². The summed E-state index contributed by atoms with van der Waals surface area (Å²) in [6.07, 6.45) is 5.70. The summed E-state index contributed by atoms with van der Waals surface area (Å²) >= 11 is 0. The fourth-order valence-corrected chi connectivity index (χ4v) is 2.17. The molecule has 4 heteroatoms. The standard InChI is InChI=1S/C16H17N3O/c1-19(11-12-7-8-12)16(20)14-9-17-15(18-10-14)13-5-3-2-4-6-13/h2-6,9-10,12H,7-8,11H2,1H3. The first-order valence-corrected chi connectivity index (χ1v) is 6.87. The minimum absolute atomic E-state index is 0.00323. The third kappa shape index (κ3) is 2.85. The first kappa shape index (κ1) is 12.8. The van der Waals surface area contributed by atoms with Crippen molar-refractivity contribution in [3.63, 3.8) is 0 Å². The van der Waals surface area contributed by atoms with Gasteiger partial charge >= 0.3 is 0 Å². The number of carbonyl (C=O) groups is 1. The van der Waals surface area contributed by atoms with E-state index >= 15 is 0 Å². The summed E-state index contributed by atoms with van der Waals surface area (Å²) in [6, 6.07) is 9.75. The van der Waals surface area contributed by atoms with Gasteiger partial charge in [0.05, 0.1) is 5.56 Å². The van der Waals surface area contributed by atoms with Crippen LogP contribution in [0.2, 0.25) is 0 Å². The fraction of sp³-hybridized carbons (Fsp3) is 0.312. The van der Waals surface area contributed by atoms with Crippen LogP contribution in [0.5, 0.6) is 0 Å². The SMILES string of the molecule is CN(CC1CC1)C(=O)c1cnc(-c2ccccc2)nc1. The van der Waals surface area contributed by atoms with Crippen molar-refractivity contribution in [1.29, 1.82) is 0 Å². The molecule has 0 atom stereocenters. The Kier molecular flexibility index (Phi) is 3.46. The van der Waals surface area contributed by atoms with Crippen LogP contribution in [0.4, 0.5) is 0 Å². The van der Waals surface area contributed by atoms with Crippen LogP contribution in [0.3, 0.4) is 0 Å². The Balaban J connectivity index is 1.73. The molecule has 102 valence electrons. The summed E-state index contributed by atoms with van der Waals surface area (Å²) in [7, 11) is 1.84. The van der Waals surface area contributed by atoms with E-state index in [0.717, 1.165) is 12.1 Å². The summed E-state index contributed by atoms with van der Waals surface area (Å²) < 4.78 is 0. The van der Waals surface area contributed by atoms with E-state index < -0.39 is 0 Å². The summed E-state index contributed by atoms with van der Waals surface area (Å²) in [5.74, 6) is 1.33. The number of hydrogen-bond acceptors (Lipinski definition) is 3. The van der Waals surface area contributed by atoms with E-state index in [-0.39, 0.29) is 5.91 Å². The number of aromatic nitrogens is 2. The number of benzene rings is 1. The van der Waals surface area contributed by atoms with Gasteiger partial charge in [-0.3, -0.25) is 4.79 Å². The molecule has 1 amide bonds. The lowest BCUT2D eigenvalue weighted by molar-refractivity contribution is 0.0788. The first-order chi connectivity index (χ1) is 9.74. The van der Waals surface area contributed by atoms with Gasteiger partial charge in [-0.15, -0.1) is 0 Å². The Morgan fingerprint density at radius 3 is 2.45 bits per heavy atom. The lowest BCUT2D eigenvalue weighted by atomic mass is 10.2. The molecule has 2 aromatic rings. The maximum absolute atomic E-state index is 12.2. The topological polar surface area (TPSA) is 46.1 Å². The number of carbonyl (C=O) groups excluding carboxylic acids is 1. The van der Waals surface area contributed by atoms with Crippen LogP contribution in [-0.4, -0.2) is 34.4 Å². The van der Waals surface area contributed by atoms with Gasteiger partial charge in [-0.1, -0.05) is 30.3 Å². The second-order valence-electron chi connectivity index (χ2n) is 5.29. The van der Waals surface area contributed by atoms with Gasteiger partial charge in [0.25, 0.3) is 5.91 Å². The fourth-order valence-electron chi connectivity index (χ4n) is 2.17. The highest BCUT2D eigenvalue weighted by Crippen LogP contribution is 2.29. The highest BCUT2D eigenvalue weighted by Gasteiger charge is 2.25. The van der Waals surface area contributed by atoms with Crippen molar-refractivity contribution in [3.8, 4) is 11.4 Å². The highest BCUT2D eigenvalue weighted by molar-refractivity contribution is 5.93. The van der Waals surface area contributed by atoms with Crippen molar-refractivity contribution >= 4 is 5.91 Å². The first-order valence-electron chi connectivity index (χ1n) is 6.87. The van der Waals surface area contributed by atoms with Gasteiger partial charge in [-0.2, -0.15) is 0 Å². The van der Waals surface area contributed by atoms with Crippen molar-refractivity contribution in [3.05, 3.63) is 48.3 Å². The smallest absolute Gasteiger partial charge is 0.256 e. The molecule has 1 aliphatic carbocycles. The Hall–Kier alpha value is -2.23. The third-order valence-electron chi connectivity index (χ3n) is 3.51. The maximum Gasteiger partial charge on any atom is 0.256 e. The van der Waals surface area contributed by atoms with Crippen LogP contribution in [0, 0.1) is 5.92 Å².